The molecule has 0 aliphatic carbocycles. The van der Waals surface area contributed by atoms with Crippen molar-refractivity contribution in [3.05, 3.63) is 57.5 Å². The molecule has 2 aromatic rings. The molecule has 0 aliphatic heterocycles. The lowest BCUT2D eigenvalue weighted by atomic mass is 10.1. The molecule has 0 saturated carbocycles. The highest BCUT2D eigenvalue weighted by Crippen LogP contribution is 2.29. The Morgan fingerprint density at radius 2 is 1.72 bits per heavy atom. The van der Waals surface area contributed by atoms with E-state index in [0.29, 0.717) is 5.02 Å². The van der Waals surface area contributed by atoms with E-state index in [4.69, 9.17) is 22.1 Å². The lowest BCUT2D eigenvalue weighted by molar-refractivity contribution is 0.482. The molecule has 0 heterocycles. The Hall–Kier alpha value is -1.03. The van der Waals surface area contributed by atoms with Gasteiger partial charge in [-0.25, -0.2) is 0 Å². The van der Waals surface area contributed by atoms with E-state index < -0.39 is 0 Å². The molecule has 0 radical (unpaired) electrons. The molecule has 0 spiro atoms. The van der Waals surface area contributed by atoms with E-state index in [1.54, 1.807) is 12.1 Å². The summed E-state index contributed by atoms with van der Waals surface area (Å²) < 4.78 is 6.67. The van der Waals surface area contributed by atoms with E-state index in [1.807, 2.05) is 37.3 Å². The number of ether oxygens (including phenoxy) is 1. The number of hydrogen-bond acceptors (Lipinski definition) is 2. The standard InChI is InChI=1S/C14H13BrClNO/c1-9(17)13-7-6-12(8-14(13)15)18-11-4-2-10(16)3-5-11/h2-9H,17H2,1H3/t9-/m1/s1. The van der Waals surface area contributed by atoms with Crippen molar-refractivity contribution >= 4 is 27.5 Å². The van der Waals surface area contributed by atoms with Crippen LogP contribution in [0.5, 0.6) is 11.5 Å². The number of nitrogens with two attached hydrogens (primary N) is 1. The van der Waals surface area contributed by atoms with Gasteiger partial charge in [0.25, 0.3) is 0 Å². The molecule has 0 amide bonds. The van der Waals surface area contributed by atoms with Gasteiger partial charge in [-0.1, -0.05) is 33.6 Å². The monoisotopic (exact) mass is 325 g/mol. The van der Waals surface area contributed by atoms with Gasteiger partial charge in [-0.3, -0.25) is 0 Å². The Morgan fingerprint density at radius 3 is 2.28 bits per heavy atom. The zero-order valence-electron chi connectivity index (χ0n) is 9.86. The highest BCUT2D eigenvalue weighted by molar-refractivity contribution is 9.10. The van der Waals surface area contributed by atoms with Gasteiger partial charge in [0.1, 0.15) is 11.5 Å². The lowest BCUT2D eigenvalue weighted by Gasteiger charge is -2.11. The van der Waals surface area contributed by atoms with E-state index in [2.05, 4.69) is 15.9 Å². The van der Waals surface area contributed by atoms with Crippen LogP contribution >= 0.6 is 27.5 Å². The molecule has 0 aromatic heterocycles. The second kappa shape index (κ2) is 5.74. The first-order valence-corrected chi connectivity index (χ1v) is 6.72. The van der Waals surface area contributed by atoms with Crippen molar-refractivity contribution in [1.29, 1.82) is 0 Å². The maximum atomic E-state index is 5.85. The van der Waals surface area contributed by atoms with Crippen LogP contribution in [-0.4, -0.2) is 0 Å². The maximum Gasteiger partial charge on any atom is 0.128 e. The average Bonchev–Trinajstić information content (AvgIpc) is 2.32. The van der Waals surface area contributed by atoms with Gasteiger partial charge in [0, 0.05) is 15.5 Å². The predicted octanol–water partition coefficient (Wildman–Crippen LogP) is 4.91. The largest absolute Gasteiger partial charge is 0.457 e. The molecule has 0 aliphatic rings. The van der Waals surface area contributed by atoms with Gasteiger partial charge in [0.15, 0.2) is 0 Å². The molecule has 0 unspecified atom stereocenters. The first-order chi connectivity index (χ1) is 8.56. The summed E-state index contributed by atoms with van der Waals surface area (Å²) in [6.07, 6.45) is 0. The van der Waals surface area contributed by atoms with Crippen molar-refractivity contribution in [2.45, 2.75) is 13.0 Å². The number of benzene rings is 2. The first kappa shape index (κ1) is 13.4. The van der Waals surface area contributed by atoms with E-state index in [-0.39, 0.29) is 6.04 Å². The molecule has 2 N–H and O–H groups in total. The summed E-state index contributed by atoms with van der Waals surface area (Å²) in [5.41, 5.74) is 6.90. The summed E-state index contributed by atoms with van der Waals surface area (Å²) in [4.78, 5) is 0. The summed E-state index contributed by atoms with van der Waals surface area (Å²) >= 11 is 9.31. The highest BCUT2D eigenvalue weighted by atomic mass is 79.9. The van der Waals surface area contributed by atoms with Crippen molar-refractivity contribution in [2.24, 2.45) is 5.73 Å². The third-order valence-electron chi connectivity index (χ3n) is 2.51. The zero-order valence-corrected chi connectivity index (χ0v) is 12.2. The number of halogens is 2. The molecule has 0 fully saturated rings. The molecule has 2 rings (SSSR count). The summed E-state index contributed by atoms with van der Waals surface area (Å²) in [7, 11) is 0. The Kier molecular flexibility index (Phi) is 4.27. The predicted molar refractivity (Wildman–Crippen MR) is 78.3 cm³/mol. The van der Waals surface area contributed by atoms with Crippen LogP contribution in [0.1, 0.15) is 18.5 Å². The van der Waals surface area contributed by atoms with Crippen LogP contribution in [0.25, 0.3) is 0 Å². The third kappa shape index (κ3) is 3.25. The maximum absolute atomic E-state index is 5.85. The normalized spacial score (nSPS) is 12.2. The summed E-state index contributed by atoms with van der Waals surface area (Å²) in [6.45, 7) is 1.94. The van der Waals surface area contributed by atoms with Crippen molar-refractivity contribution in [2.75, 3.05) is 0 Å². The summed E-state index contributed by atoms with van der Waals surface area (Å²) in [5.74, 6) is 1.51. The van der Waals surface area contributed by atoms with Crippen molar-refractivity contribution in [3.63, 3.8) is 0 Å². The summed E-state index contributed by atoms with van der Waals surface area (Å²) in [6, 6.07) is 13.0. The SMILES string of the molecule is C[C@@H](N)c1ccc(Oc2ccc(Cl)cc2)cc1Br. The molecule has 0 saturated heterocycles. The molecule has 18 heavy (non-hydrogen) atoms. The molecule has 94 valence electrons. The van der Waals surface area contributed by atoms with Crippen LogP contribution in [0.4, 0.5) is 0 Å². The van der Waals surface area contributed by atoms with E-state index in [9.17, 15) is 0 Å². The molecular weight excluding hydrogens is 314 g/mol. The minimum Gasteiger partial charge on any atom is -0.457 e. The van der Waals surface area contributed by atoms with Gasteiger partial charge < -0.3 is 10.5 Å². The second-order valence-corrected chi connectivity index (χ2v) is 5.32. The first-order valence-electron chi connectivity index (χ1n) is 5.54. The molecule has 0 bridgehead atoms. The van der Waals surface area contributed by atoms with E-state index >= 15 is 0 Å². The average molecular weight is 327 g/mol. The smallest absolute Gasteiger partial charge is 0.128 e. The van der Waals surface area contributed by atoms with Gasteiger partial charge in [0.2, 0.25) is 0 Å². The fourth-order valence-electron chi connectivity index (χ4n) is 1.58. The topological polar surface area (TPSA) is 35.2 Å². The van der Waals surface area contributed by atoms with E-state index in [0.717, 1.165) is 21.5 Å². The Bertz CT molecular complexity index is 540. The van der Waals surface area contributed by atoms with Crippen LogP contribution in [-0.2, 0) is 0 Å². The number of rotatable bonds is 3. The van der Waals surface area contributed by atoms with E-state index in [1.165, 1.54) is 0 Å². The van der Waals surface area contributed by atoms with Crippen molar-refractivity contribution < 1.29 is 4.74 Å². The van der Waals surface area contributed by atoms with Crippen molar-refractivity contribution in [1.82, 2.24) is 0 Å². The van der Waals surface area contributed by atoms with Gasteiger partial charge in [0.05, 0.1) is 0 Å². The van der Waals surface area contributed by atoms with Crippen LogP contribution in [0, 0.1) is 0 Å². The van der Waals surface area contributed by atoms with Gasteiger partial charge in [-0.2, -0.15) is 0 Å². The molecule has 1 atom stereocenters. The fraction of sp³-hybridized carbons (Fsp3) is 0.143. The second-order valence-electron chi connectivity index (χ2n) is 4.03. The Labute approximate surface area is 120 Å². The minimum atomic E-state index is -0.0102. The molecule has 2 aromatic carbocycles. The number of hydrogen-bond donors (Lipinski definition) is 1. The third-order valence-corrected chi connectivity index (χ3v) is 3.45. The van der Waals surface area contributed by atoms with Gasteiger partial charge in [-0.15, -0.1) is 0 Å². The quantitative estimate of drug-likeness (QED) is 0.869. The van der Waals surface area contributed by atoms with Gasteiger partial charge >= 0.3 is 0 Å². The van der Waals surface area contributed by atoms with Crippen molar-refractivity contribution in [3.8, 4) is 11.5 Å². The summed E-state index contributed by atoms with van der Waals surface area (Å²) in [5, 5.41) is 0.691. The molecule has 4 heteroatoms. The van der Waals surface area contributed by atoms with Crippen LogP contribution < -0.4 is 10.5 Å². The Balaban J connectivity index is 2.20. The molecular formula is C14H13BrClNO. The zero-order chi connectivity index (χ0) is 13.1. The van der Waals surface area contributed by atoms with Crippen LogP contribution in [0.3, 0.4) is 0 Å². The molecule has 2 nitrogen and oxygen atoms in total. The van der Waals surface area contributed by atoms with Gasteiger partial charge in [-0.05, 0) is 48.9 Å². The highest BCUT2D eigenvalue weighted by Gasteiger charge is 2.06. The minimum absolute atomic E-state index is 0.0102. The van der Waals surface area contributed by atoms with Crippen LogP contribution in [0.2, 0.25) is 5.02 Å². The Morgan fingerprint density at radius 1 is 1.11 bits per heavy atom. The lowest BCUT2D eigenvalue weighted by Crippen LogP contribution is -2.05. The van der Waals surface area contributed by atoms with Crippen LogP contribution in [0.15, 0.2) is 46.9 Å². The fourth-order valence-corrected chi connectivity index (χ4v) is 2.42.